The van der Waals surface area contributed by atoms with Gasteiger partial charge in [0.15, 0.2) is 0 Å². The van der Waals surface area contributed by atoms with Crippen LogP contribution in [0.2, 0.25) is 0 Å². The second kappa shape index (κ2) is 5.63. The number of fused-ring (bicyclic) bond motifs is 1. The number of aromatic nitrogens is 2. The molecule has 1 unspecified atom stereocenters. The molecule has 0 aromatic carbocycles. The Balaban J connectivity index is 1.66. The van der Waals surface area contributed by atoms with E-state index in [9.17, 15) is 0 Å². The van der Waals surface area contributed by atoms with Gasteiger partial charge in [-0.3, -0.25) is 0 Å². The summed E-state index contributed by atoms with van der Waals surface area (Å²) < 4.78 is 2.47. The second-order valence-corrected chi connectivity index (χ2v) is 6.20. The number of hydrogen-bond donors (Lipinski definition) is 1. The average Bonchev–Trinajstić information content (AvgIpc) is 2.99. The van der Waals surface area contributed by atoms with Gasteiger partial charge in [-0.2, -0.15) is 0 Å². The van der Waals surface area contributed by atoms with Crippen LogP contribution >= 0.6 is 0 Å². The first-order valence-electron chi connectivity index (χ1n) is 7.72. The monoisotopic (exact) mass is 262 g/mol. The average molecular weight is 262 g/mol. The summed E-state index contributed by atoms with van der Waals surface area (Å²) in [4.78, 5) is 7.34. The third-order valence-electron chi connectivity index (χ3n) is 4.44. The number of nitrogens with zero attached hydrogens (tertiary/aromatic N) is 3. The van der Waals surface area contributed by atoms with Crippen molar-refractivity contribution >= 4 is 0 Å². The molecule has 0 spiro atoms. The lowest BCUT2D eigenvalue weighted by Gasteiger charge is -2.23. The molecular weight excluding hydrogens is 236 g/mol. The van der Waals surface area contributed by atoms with Crippen molar-refractivity contribution in [1.29, 1.82) is 0 Å². The Labute approximate surface area is 116 Å². The molecule has 0 amide bonds. The van der Waals surface area contributed by atoms with Crippen molar-refractivity contribution in [3.05, 3.63) is 17.2 Å². The van der Waals surface area contributed by atoms with Crippen molar-refractivity contribution in [3.8, 4) is 0 Å². The summed E-state index contributed by atoms with van der Waals surface area (Å²) in [6, 6.07) is 0. The Morgan fingerprint density at radius 1 is 1.26 bits per heavy atom. The van der Waals surface area contributed by atoms with E-state index in [0.717, 1.165) is 26.1 Å². The lowest BCUT2D eigenvalue weighted by Crippen LogP contribution is -2.29. The van der Waals surface area contributed by atoms with E-state index in [1.54, 1.807) is 0 Å². The lowest BCUT2D eigenvalue weighted by molar-refractivity contribution is 0.269. The molecule has 0 aliphatic carbocycles. The quantitative estimate of drug-likeness (QED) is 0.894. The number of rotatable bonds is 4. The van der Waals surface area contributed by atoms with Gasteiger partial charge in [-0.25, -0.2) is 4.98 Å². The largest absolute Gasteiger partial charge is 0.332 e. The highest BCUT2D eigenvalue weighted by Gasteiger charge is 2.20. The summed E-state index contributed by atoms with van der Waals surface area (Å²) in [6.45, 7) is 11.5. The second-order valence-electron chi connectivity index (χ2n) is 6.20. The molecule has 1 N–H and O–H groups in total. The van der Waals surface area contributed by atoms with Gasteiger partial charge < -0.3 is 14.8 Å². The number of hydrogen-bond acceptors (Lipinski definition) is 3. The Morgan fingerprint density at radius 2 is 2.05 bits per heavy atom. The highest BCUT2D eigenvalue weighted by molar-refractivity contribution is 5.19. The van der Waals surface area contributed by atoms with Crippen LogP contribution in [0.3, 0.4) is 0 Å². The predicted molar refractivity (Wildman–Crippen MR) is 77.2 cm³/mol. The van der Waals surface area contributed by atoms with Crippen LogP contribution in [-0.2, 0) is 19.5 Å². The minimum atomic E-state index is 0.713. The molecule has 1 aromatic heterocycles. The van der Waals surface area contributed by atoms with E-state index >= 15 is 0 Å². The molecule has 2 aliphatic rings. The first-order chi connectivity index (χ1) is 9.24. The maximum atomic E-state index is 4.72. The zero-order chi connectivity index (χ0) is 13.2. The summed E-state index contributed by atoms with van der Waals surface area (Å²) in [6.07, 6.45) is 3.91. The Hall–Kier alpha value is -0.870. The topological polar surface area (TPSA) is 33.1 Å². The number of imidazole rings is 1. The minimum absolute atomic E-state index is 0.713. The van der Waals surface area contributed by atoms with E-state index in [2.05, 4.69) is 28.6 Å². The summed E-state index contributed by atoms with van der Waals surface area (Å²) in [5.74, 6) is 1.91. The molecule has 0 radical (unpaired) electrons. The summed E-state index contributed by atoms with van der Waals surface area (Å²) >= 11 is 0. The van der Waals surface area contributed by atoms with Crippen molar-refractivity contribution in [3.63, 3.8) is 0 Å². The smallest absolute Gasteiger partial charge is 0.106 e. The molecule has 3 heterocycles. The predicted octanol–water partition coefficient (Wildman–Crippen LogP) is 1.57. The zero-order valence-electron chi connectivity index (χ0n) is 12.3. The zero-order valence-corrected chi connectivity index (χ0v) is 12.3. The van der Waals surface area contributed by atoms with Gasteiger partial charge in [0.25, 0.3) is 0 Å². The van der Waals surface area contributed by atoms with Crippen LogP contribution in [0.1, 0.15) is 37.0 Å². The molecule has 106 valence electrons. The molecule has 4 heteroatoms. The first-order valence-corrected chi connectivity index (χ1v) is 7.72. The van der Waals surface area contributed by atoms with Crippen molar-refractivity contribution in [2.24, 2.45) is 5.92 Å². The van der Waals surface area contributed by atoms with Gasteiger partial charge in [-0.1, -0.05) is 6.92 Å². The van der Waals surface area contributed by atoms with Gasteiger partial charge in [-0.05, 0) is 38.8 Å². The van der Waals surface area contributed by atoms with Crippen LogP contribution < -0.4 is 5.32 Å². The summed E-state index contributed by atoms with van der Waals surface area (Å²) in [5.41, 5.74) is 2.75. The maximum Gasteiger partial charge on any atom is 0.106 e. The van der Waals surface area contributed by atoms with Gasteiger partial charge in [0.2, 0.25) is 0 Å². The Morgan fingerprint density at radius 3 is 2.84 bits per heavy atom. The van der Waals surface area contributed by atoms with E-state index < -0.39 is 0 Å². The minimum Gasteiger partial charge on any atom is -0.332 e. The highest BCUT2D eigenvalue weighted by atomic mass is 15.2. The van der Waals surface area contributed by atoms with E-state index in [0.29, 0.717) is 5.92 Å². The van der Waals surface area contributed by atoms with Crippen LogP contribution in [0.25, 0.3) is 0 Å². The molecule has 0 bridgehead atoms. The molecule has 1 saturated heterocycles. The molecule has 4 nitrogen and oxygen atoms in total. The van der Waals surface area contributed by atoms with Gasteiger partial charge in [0.1, 0.15) is 5.82 Å². The highest BCUT2D eigenvalue weighted by Crippen LogP contribution is 2.18. The summed E-state index contributed by atoms with van der Waals surface area (Å²) in [7, 11) is 0. The fourth-order valence-electron chi connectivity index (χ4n) is 3.52. The normalized spacial score (nSPS) is 21.6. The molecular formula is C15H26N4. The molecule has 3 rings (SSSR count). The van der Waals surface area contributed by atoms with E-state index in [1.165, 1.54) is 49.7 Å². The van der Waals surface area contributed by atoms with Crippen LogP contribution in [0, 0.1) is 12.8 Å². The fourth-order valence-corrected chi connectivity index (χ4v) is 3.52. The van der Waals surface area contributed by atoms with Gasteiger partial charge >= 0.3 is 0 Å². The van der Waals surface area contributed by atoms with Gasteiger partial charge in [0.05, 0.1) is 5.69 Å². The lowest BCUT2D eigenvalue weighted by atomic mass is 10.1. The SMILES string of the molecule is Cc1nc2c(n1CC(C)CN1CCCC1)CCNC2. The van der Waals surface area contributed by atoms with Crippen LogP contribution in [0.5, 0.6) is 0 Å². The van der Waals surface area contributed by atoms with Crippen molar-refractivity contribution in [2.45, 2.75) is 46.2 Å². The molecule has 0 saturated carbocycles. The van der Waals surface area contributed by atoms with Crippen molar-refractivity contribution in [1.82, 2.24) is 19.8 Å². The van der Waals surface area contributed by atoms with Crippen molar-refractivity contribution in [2.75, 3.05) is 26.2 Å². The number of likely N-dealkylation sites (tertiary alicyclic amines) is 1. The number of aryl methyl sites for hydroxylation is 1. The van der Waals surface area contributed by atoms with Gasteiger partial charge in [0, 0.05) is 38.3 Å². The Kier molecular flexibility index (Phi) is 3.89. The first kappa shape index (κ1) is 13.1. The molecule has 19 heavy (non-hydrogen) atoms. The Bertz CT molecular complexity index is 432. The van der Waals surface area contributed by atoms with E-state index in [4.69, 9.17) is 4.98 Å². The van der Waals surface area contributed by atoms with Crippen molar-refractivity contribution < 1.29 is 0 Å². The third-order valence-corrected chi connectivity index (χ3v) is 4.44. The number of nitrogens with one attached hydrogen (secondary N) is 1. The fraction of sp³-hybridized carbons (Fsp3) is 0.800. The summed E-state index contributed by atoms with van der Waals surface area (Å²) in [5, 5.41) is 3.41. The maximum absolute atomic E-state index is 4.72. The molecule has 1 aromatic rings. The third kappa shape index (κ3) is 2.84. The molecule has 1 fully saturated rings. The molecule has 1 atom stereocenters. The van der Waals surface area contributed by atoms with Crippen LogP contribution in [0.4, 0.5) is 0 Å². The molecule has 2 aliphatic heterocycles. The van der Waals surface area contributed by atoms with Crippen LogP contribution in [0.15, 0.2) is 0 Å². The van der Waals surface area contributed by atoms with E-state index in [1.807, 2.05) is 0 Å². The van der Waals surface area contributed by atoms with E-state index in [-0.39, 0.29) is 0 Å². The van der Waals surface area contributed by atoms with Gasteiger partial charge in [-0.15, -0.1) is 0 Å². The van der Waals surface area contributed by atoms with Crippen LogP contribution in [-0.4, -0.2) is 40.6 Å². The standard InChI is InChI=1S/C15H26N4/c1-12(10-18-7-3-4-8-18)11-19-13(2)17-14-9-16-6-5-15(14)19/h12,16H,3-11H2,1-2H3.